The Hall–Kier alpha value is 0.0500. The fourth-order valence-corrected chi connectivity index (χ4v) is 1.59. The van der Waals surface area contributed by atoms with E-state index in [1.54, 1.807) is 5.57 Å². The Balaban J connectivity index is 2.36. The predicted molar refractivity (Wildman–Crippen MR) is 48.7 cm³/mol. The van der Waals surface area contributed by atoms with Crippen LogP contribution in [0.1, 0.15) is 12.8 Å². The normalized spacial score (nSPS) is 20.8. The molecule has 1 heterocycles. The van der Waals surface area contributed by atoms with Crippen LogP contribution in [-0.4, -0.2) is 30.8 Å². The molecule has 0 aromatic carbocycles. The second-order valence-electron chi connectivity index (χ2n) is 2.86. The Morgan fingerprint density at radius 3 is 3.10 bits per heavy atom. The molecule has 0 saturated carbocycles. The molecule has 0 unspecified atom stereocenters. The molecule has 0 aromatic heterocycles. The van der Waals surface area contributed by atoms with Crippen LogP contribution in [-0.2, 0) is 0 Å². The molecular weight excluding hydrogens is 142 g/mol. The lowest BCUT2D eigenvalue weighted by Crippen LogP contribution is -2.25. The summed E-state index contributed by atoms with van der Waals surface area (Å²) in [6.07, 6.45) is 4.74. The van der Waals surface area contributed by atoms with Gasteiger partial charge in [-0.05, 0) is 25.6 Å². The maximum atomic E-state index is 4.20. The second-order valence-corrected chi connectivity index (χ2v) is 3.31. The third kappa shape index (κ3) is 2.35. The zero-order chi connectivity index (χ0) is 7.40. The van der Waals surface area contributed by atoms with Crippen molar-refractivity contribution in [2.75, 3.05) is 25.9 Å². The van der Waals surface area contributed by atoms with Gasteiger partial charge in [-0.25, -0.2) is 0 Å². The first-order chi connectivity index (χ1) is 4.83. The lowest BCUT2D eigenvalue weighted by atomic mass is 10.1. The summed E-state index contributed by atoms with van der Waals surface area (Å²) in [6.45, 7) is 2.37. The largest absolute Gasteiger partial charge is 0.302 e. The fourth-order valence-electron chi connectivity index (χ4n) is 1.30. The molecule has 58 valence electrons. The molecule has 1 nitrogen and oxygen atoms in total. The predicted octanol–water partition coefficient (Wildman–Crippen LogP) is 1.57. The molecule has 0 aromatic rings. The standard InChI is InChI=1S/C8H15NS/c1-9-5-2-3-8(7-9)4-6-10/h3,10H,2,4-7H2,1H3. The monoisotopic (exact) mass is 157 g/mol. The van der Waals surface area contributed by atoms with Crippen LogP contribution in [0, 0.1) is 0 Å². The fraction of sp³-hybridized carbons (Fsp3) is 0.750. The summed E-state index contributed by atoms with van der Waals surface area (Å²) in [4.78, 5) is 2.36. The summed E-state index contributed by atoms with van der Waals surface area (Å²) >= 11 is 4.20. The molecular formula is C8H15NS. The highest BCUT2D eigenvalue weighted by molar-refractivity contribution is 7.80. The first-order valence-corrected chi connectivity index (χ1v) is 4.43. The highest BCUT2D eigenvalue weighted by Crippen LogP contribution is 2.11. The molecule has 1 rings (SSSR count). The number of thiol groups is 1. The smallest absolute Gasteiger partial charge is 0.0190 e. The number of nitrogens with zero attached hydrogens (tertiary/aromatic N) is 1. The molecule has 0 spiro atoms. The SMILES string of the molecule is CN1CCC=C(CCS)C1. The maximum absolute atomic E-state index is 4.20. The average molecular weight is 157 g/mol. The number of hydrogen-bond donors (Lipinski definition) is 1. The average Bonchev–Trinajstić information content (AvgIpc) is 1.88. The van der Waals surface area contributed by atoms with E-state index >= 15 is 0 Å². The van der Waals surface area contributed by atoms with E-state index in [0.717, 1.165) is 18.7 Å². The molecule has 0 saturated heterocycles. The Labute approximate surface area is 68.5 Å². The molecule has 0 atom stereocenters. The van der Waals surface area contributed by atoms with Gasteiger partial charge >= 0.3 is 0 Å². The van der Waals surface area contributed by atoms with Crippen molar-refractivity contribution < 1.29 is 0 Å². The number of hydrogen-bond acceptors (Lipinski definition) is 2. The summed E-state index contributed by atoms with van der Waals surface area (Å²) in [5.74, 6) is 0.986. The van der Waals surface area contributed by atoms with E-state index in [-0.39, 0.29) is 0 Å². The lowest BCUT2D eigenvalue weighted by Gasteiger charge is -2.22. The van der Waals surface area contributed by atoms with Crippen molar-refractivity contribution in [2.24, 2.45) is 0 Å². The summed E-state index contributed by atoms with van der Waals surface area (Å²) < 4.78 is 0. The van der Waals surface area contributed by atoms with Gasteiger partial charge in [-0.1, -0.05) is 11.6 Å². The quantitative estimate of drug-likeness (QED) is 0.470. The highest BCUT2D eigenvalue weighted by Gasteiger charge is 2.06. The van der Waals surface area contributed by atoms with Gasteiger partial charge in [0.05, 0.1) is 0 Å². The summed E-state index contributed by atoms with van der Waals surface area (Å²) in [7, 11) is 2.17. The Morgan fingerprint density at radius 1 is 1.70 bits per heavy atom. The van der Waals surface area contributed by atoms with Crippen LogP contribution in [0.2, 0.25) is 0 Å². The van der Waals surface area contributed by atoms with Gasteiger partial charge in [-0.2, -0.15) is 12.6 Å². The molecule has 0 radical (unpaired) electrons. The third-order valence-electron chi connectivity index (χ3n) is 1.85. The van der Waals surface area contributed by atoms with Crippen molar-refractivity contribution in [1.82, 2.24) is 4.90 Å². The zero-order valence-corrected chi connectivity index (χ0v) is 7.40. The summed E-state index contributed by atoms with van der Waals surface area (Å²) in [5, 5.41) is 0. The Morgan fingerprint density at radius 2 is 2.50 bits per heavy atom. The third-order valence-corrected chi connectivity index (χ3v) is 2.07. The van der Waals surface area contributed by atoms with E-state index in [4.69, 9.17) is 0 Å². The molecule has 0 bridgehead atoms. The van der Waals surface area contributed by atoms with E-state index in [1.807, 2.05) is 0 Å². The molecule has 0 N–H and O–H groups in total. The van der Waals surface area contributed by atoms with E-state index in [0.29, 0.717) is 0 Å². The highest BCUT2D eigenvalue weighted by atomic mass is 32.1. The zero-order valence-electron chi connectivity index (χ0n) is 6.51. The van der Waals surface area contributed by atoms with Crippen LogP contribution in [0.15, 0.2) is 11.6 Å². The van der Waals surface area contributed by atoms with Gasteiger partial charge in [0.25, 0.3) is 0 Å². The number of likely N-dealkylation sites (N-methyl/N-ethyl adjacent to an activating group) is 1. The van der Waals surface area contributed by atoms with Crippen molar-refractivity contribution in [3.8, 4) is 0 Å². The molecule has 10 heavy (non-hydrogen) atoms. The molecule has 0 aliphatic carbocycles. The Bertz CT molecular complexity index is 131. The van der Waals surface area contributed by atoms with E-state index < -0.39 is 0 Å². The summed E-state index contributed by atoms with van der Waals surface area (Å²) in [5.41, 5.74) is 1.56. The second kappa shape index (κ2) is 4.04. The Kier molecular flexibility index (Phi) is 3.29. The molecule has 0 amide bonds. The van der Waals surface area contributed by atoms with Crippen LogP contribution in [0.5, 0.6) is 0 Å². The van der Waals surface area contributed by atoms with Gasteiger partial charge in [-0.15, -0.1) is 0 Å². The van der Waals surface area contributed by atoms with E-state index in [9.17, 15) is 0 Å². The minimum Gasteiger partial charge on any atom is -0.302 e. The molecule has 1 aliphatic rings. The molecule has 1 aliphatic heterocycles. The van der Waals surface area contributed by atoms with Crippen molar-refractivity contribution >= 4 is 12.6 Å². The molecule has 0 fully saturated rings. The van der Waals surface area contributed by atoms with Crippen molar-refractivity contribution in [1.29, 1.82) is 0 Å². The first kappa shape index (κ1) is 8.15. The minimum atomic E-state index is 0.986. The van der Waals surface area contributed by atoms with Crippen LogP contribution >= 0.6 is 12.6 Å². The van der Waals surface area contributed by atoms with Crippen LogP contribution in [0.3, 0.4) is 0 Å². The molecule has 2 heteroatoms. The van der Waals surface area contributed by atoms with Crippen LogP contribution in [0.4, 0.5) is 0 Å². The van der Waals surface area contributed by atoms with Gasteiger partial charge in [0.2, 0.25) is 0 Å². The van der Waals surface area contributed by atoms with Crippen molar-refractivity contribution in [3.05, 3.63) is 11.6 Å². The lowest BCUT2D eigenvalue weighted by molar-refractivity contribution is 0.351. The summed E-state index contributed by atoms with van der Waals surface area (Å²) in [6, 6.07) is 0. The van der Waals surface area contributed by atoms with Gasteiger partial charge < -0.3 is 4.90 Å². The number of rotatable bonds is 2. The first-order valence-electron chi connectivity index (χ1n) is 3.80. The van der Waals surface area contributed by atoms with Crippen LogP contribution < -0.4 is 0 Å². The van der Waals surface area contributed by atoms with Crippen molar-refractivity contribution in [2.45, 2.75) is 12.8 Å². The minimum absolute atomic E-state index is 0.986. The van der Waals surface area contributed by atoms with Gasteiger partial charge in [0, 0.05) is 13.1 Å². The van der Waals surface area contributed by atoms with Gasteiger partial charge in [0.1, 0.15) is 0 Å². The van der Waals surface area contributed by atoms with Crippen molar-refractivity contribution in [3.63, 3.8) is 0 Å². The topological polar surface area (TPSA) is 3.24 Å². The maximum Gasteiger partial charge on any atom is 0.0190 e. The van der Waals surface area contributed by atoms with E-state index in [2.05, 4.69) is 30.7 Å². The van der Waals surface area contributed by atoms with Gasteiger partial charge in [-0.3, -0.25) is 0 Å². The van der Waals surface area contributed by atoms with Gasteiger partial charge in [0.15, 0.2) is 0 Å². The van der Waals surface area contributed by atoms with Crippen LogP contribution in [0.25, 0.3) is 0 Å². The van der Waals surface area contributed by atoms with E-state index in [1.165, 1.54) is 13.0 Å².